The highest BCUT2D eigenvalue weighted by molar-refractivity contribution is 7.06. The highest BCUT2D eigenvalue weighted by Gasteiger charge is 2.31. The smallest absolute Gasteiger partial charge is 0.257 e. The summed E-state index contributed by atoms with van der Waals surface area (Å²) in [4.78, 5) is 31.7. The van der Waals surface area contributed by atoms with Gasteiger partial charge in [-0.3, -0.25) is 9.59 Å². The van der Waals surface area contributed by atoms with E-state index < -0.39 is 5.82 Å². The molecule has 2 fully saturated rings. The number of rotatable bonds is 7. The fourth-order valence-electron chi connectivity index (χ4n) is 4.27. The van der Waals surface area contributed by atoms with Gasteiger partial charge in [-0.05, 0) is 81.4 Å². The van der Waals surface area contributed by atoms with Gasteiger partial charge >= 0.3 is 0 Å². The van der Waals surface area contributed by atoms with E-state index in [0.29, 0.717) is 29.2 Å². The van der Waals surface area contributed by atoms with Crippen LogP contribution in [0.3, 0.4) is 0 Å². The third-order valence-corrected chi connectivity index (χ3v) is 7.44. The van der Waals surface area contributed by atoms with Crippen LogP contribution < -0.4 is 4.74 Å². The monoisotopic (exact) mass is 479 g/mol. The van der Waals surface area contributed by atoms with Gasteiger partial charge in [0.15, 0.2) is 5.78 Å². The van der Waals surface area contributed by atoms with Crippen molar-refractivity contribution in [3.05, 3.63) is 64.5 Å². The van der Waals surface area contributed by atoms with Gasteiger partial charge in [-0.15, -0.1) is 0 Å². The highest BCUT2D eigenvalue weighted by atomic mass is 32.1. The predicted octanol–water partition coefficient (Wildman–Crippen LogP) is 5.70. The lowest BCUT2D eigenvalue weighted by Gasteiger charge is -2.21. The third-order valence-electron chi connectivity index (χ3n) is 6.49. The average molecular weight is 480 g/mol. The molecule has 0 spiro atoms. The minimum Gasteiger partial charge on any atom is -0.484 e. The molecule has 1 aliphatic carbocycles. The van der Waals surface area contributed by atoms with Crippen LogP contribution in [0.1, 0.15) is 71.4 Å². The van der Waals surface area contributed by atoms with E-state index in [0.717, 1.165) is 30.6 Å². The van der Waals surface area contributed by atoms with Crippen LogP contribution in [0.15, 0.2) is 42.6 Å². The second-order valence-electron chi connectivity index (χ2n) is 9.08. The molecule has 6 nitrogen and oxygen atoms in total. The molecule has 0 N–H and O–H groups in total. The maximum Gasteiger partial charge on any atom is 0.257 e. The number of ketones is 1. The normalized spacial score (nSPS) is 18.7. The summed E-state index contributed by atoms with van der Waals surface area (Å²) in [5.41, 5.74) is 1.82. The van der Waals surface area contributed by atoms with E-state index in [1.807, 2.05) is 19.9 Å². The lowest BCUT2D eigenvalue weighted by molar-refractivity contribution is 0.0742. The molecule has 3 aromatic rings. The summed E-state index contributed by atoms with van der Waals surface area (Å²) in [6.45, 7) is 4.57. The van der Waals surface area contributed by atoms with Crippen LogP contribution in [0.2, 0.25) is 0 Å². The quantitative estimate of drug-likeness (QED) is 0.407. The number of pyridine rings is 1. The van der Waals surface area contributed by atoms with Gasteiger partial charge in [-0.25, -0.2) is 9.37 Å². The van der Waals surface area contributed by atoms with E-state index in [2.05, 4.69) is 9.36 Å². The molecule has 2 atom stereocenters. The molecular formula is C26H26FN3O3S. The van der Waals surface area contributed by atoms with Crippen molar-refractivity contribution in [1.29, 1.82) is 0 Å². The van der Waals surface area contributed by atoms with Gasteiger partial charge in [0.25, 0.3) is 5.91 Å². The van der Waals surface area contributed by atoms with E-state index in [4.69, 9.17) is 4.74 Å². The van der Waals surface area contributed by atoms with Gasteiger partial charge in [-0.2, -0.15) is 4.37 Å². The fourth-order valence-corrected chi connectivity index (χ4v) is 4.99. The molecular weight excluding hydrogens is 453 g/mol. The van der Waals surface area contributed by atoms with Crippen LogP contribution in [-0.4, -0.2) is 38.5 Å². The Morgan fingerprint density at radius 3 is 2.65 bits per heavy atom. The molecule has 1 unspecified atom stereocenters. The first-order chi connectivity index (χ1) is 16.4. The molecule has 1 aromatic carbocycles. The predicted molar refractivity (Wildman–Crippen MR) is 128 cm³/mol. The first-order valence-electron chi connectivity index (χ1n) is 11.6. The molecule has 1 amide bonds. The van der Waals surface area contributed by atoms with Crippen LogP contribution in [-0.2, 0) is 0 Å². The van der Waals surface area contributed by atoms with Gasteiger partial charge in [0.1, 0.15) is 23.4 Å². The SMILES string of the molecule is CC(Oc1ccc(C(=O)C2CC2)nc1)c1cc(-c2ccc(C(=O)N3CCC[C@@H]3C)c(F)c2)ns1. The van der Waals surface area contributed by atoms with Crippen molar-refractivity contribution < 1.29 is 18.7 Å². The molecule has 1 aliphatic heterocycles. The number of Topliss-reactive ketones (excluding diaryl/α,β-unsaturated/α-hetero) is 1. The number of carbonyl (C=O) groups is 2. The lowest BCUT2D eigenvalue weighted by Crippen LogP contribution is -2.34. The van der Waals surface area contributed by atoms with Crippen molar-refractivity contribution in [2.75, 3.05) is 6.54 Å². The summed E-state index contributed by atoms with van der Waals surface area (Å²) in [7, 11) is 0. The van der Waals surface area contributed by atoms with Crippen molar-refractivity contribution in [3.8, 4) is 17.0 Å². The molecule has 5 rings (SSSR count). The van der Waals surface area contributed by atoms with Gasteiger partial charge in [0.2, 0.25) is 0 Å². The molecule has 0 radical (unpaired) electrons. The minimum absolute atomic E-state index is 0.0979. The Balaban J connectivity index is 1.26. The van der Waals surface area contributed by atoms with Crippen molar-refractivity contribution in [2.45, 2.75) is 51.7 Å². The van der Waals surface area contributed by atoms with Gasteiger partial charge in [-0.1, -0.05) is 6.07 Å². The molecule has 0 bridgehead atoms. The second kappa shape index (κ2) is 9.25. The van der Waals surface area contributed by atoms with Crippen molar-refractivity contribution in [1.82, 2.24) is 14.3 Å². The zero-order chi connectivity index (χ0) is 23.8. The largest absolute Gasteiger partial charge is 0.484 e. The molecule has 34 heavy (non-hydrogen) atoms. The second-order valence-corrected chi connectivity index (χ2v) is 9.91. The summed E-state index contributed by atoms with van der Waals surface area (Å²) in [6.07, 6.45) is 5.08. The van der Waals surface area contributed by atoms with E-state index in [1.165, 1.54) is 17.6 Å². The number of nitrogens with zero attached hydrogens (tertiary/aromatic N) is 3. The number of aromatic nitrogens is 2. The van der Waals surface area contributed by atoms with E-state index in [-0.39, 0.29) is 35.3 Å². The van der Waals surface area contributed by atoms with Crippen LogP contribution in [0.4, 0.5) is 4.39 Å². The van der Waals surface area contributed by atoms with Crippen molar-refractivity contribution >= 4 is 23.2 Å². The van der Waals surface area contributed by atoms with E-state index >= 15 is 0 Å². The molecule has 2 aliphatic rings. The Kier molecular flexibility index (Phi) is 6.16. The summed E-state index contributed by atoms with van der Waals surface area (Å²) in [5, 5.41) is 0. The van der Waals surface area contributed by atoms with Crippen LogP contribution in [0.25, 0.3) is 11.3 Å². The standard InChI is InChI=1S/C26H26FN3O3S/c1-15-4-3-11-30(15)26(32)20-9-7-18(12-21(20)27)23-13-24(34-29-23)16(2)33-19-8-10-22(28-14-19)25(31)17-5-6-17/h7-10,12-17H,3-6,11H2,1-2H3/t15-,16?/m0/s1. The zero-order valence-corrected chi connectivity index (χ0v) is 20.0. The first kappa shape index (κ1) is 22.7. The number of hydrogen-bond acceptors (Lipinski definition) is 6. The Morgan fingerprint density at radius 2 is 2.00 bits per heavy atom. The number of hydrogen-bond donors (Lipinski definition) is 0. The number of ether oxygens (including phenoxy) is 1. The van der Waals surface area contributed by atoms with Gasteiger partial charge in [0.05, 0.1) is 22.3 Å². The third kappa shape index (κ3) is 4.59. The number of carbonyl (C=O) groups excluding carboxylic acids is 2. The summed E-state index contributed by atoms with van der Waals surface area (Å²) < 4.78 is 25.3. The highest BCUT2D eigenvalue weighted by Crippen LogP contribution is 2.33. The van der Waals surface area contributed by atoms with Crippen LogP contribution >= 0.6 is 11.5 Å². The lowest BCUT2D eigenvalue weighted by atomic mass is 10.1. The number of halogens is 1. The molecule has 2 aromatic heterocycles. The molecule has 1 saturated carbocycles. The summed E-state index contributed by atoms with van der Waals surface area (Å²) in [6, 6.07) is 10.1. The Hall–Kier alpha value is -3.13. The molecule has 1 saturated heterocycles. The maximum absolute atomic E-state index is 14.8. The molecule has 8 heteroatoms. The zero-order valence-electron chi connectivity index (χ0n) is 19.2. The number of likely N-dealkylation sites (tertiary alicyclic amines) is 1. The van der Waals surface area contributed by atoms with Gasteiger partial charge in [0, 0.05) is 24.1 Å². The Bertz CT molecular complexity index is 1220. The fraction of sp³-hybridized carbons (Fsp3) is 0.385. The topological polar surface area (TPSA) is 72.4 Å². The van der Waals surface area contributed by atoms with E-state index in [1.54, 1.807) is 35.4 Å². The van der Waals surface area contributed by atoms with Crippen molar-refractivity contribution in [2.24, 2.45) is 5.92 Å². The van der Waals surface area contributed by atoms with Crippen LogP contribution in [0, 0.1) is 11.7 Å². The first-order valence-corrected chi connectivity index (χ1v) is 12.4. The minimum atomic E-state index is -0.535. The van der Waals surface area contributed by atoms with E-state index in [9.17, 15) is 14.0 Å². The maximum atomic E-state index is 14.8. The average Bonchev–Trinajstić information content (AvgIpc) is 3.40. The summed E-state index contributed by atoms with van der Waals surface area (Å²) >= 11 is 1.28. The Labute approximate surface area is 201 Å². The van der Waals surface area contributed by atoms with Gasteiger partial charge < -0.3 is 9.64 Å². The molecule has 176 valence electrons. The Morgan fingerprint density at radius 1 is 1.18 bits per heavy atom. The number of benzene rings is 1. The van der Waals surface area contributed by atoms with Crippen LogP contribution in [0.5, 0.6) is 5.75 Å². The number of amides is 1. The van der Waals surface area contributed by atoms with Crippen molar-refractivity contribution in [3.63, 3.8) is 0 Å². The molecule has 3 heterocycles. The summed E-state index contributed by atoms with van der Waals surface area (Å²) in [5.74, 6) is 0.0110.